The van der Waals surface area contributed by atoms with Crippen LogP contribution >= 0.6 is 0 Å². The number of rotatable bonds is 6. The summed E-state index contributed by atoms with van der Waals surface area (Å²) in [5, 5.41) is 3.01. The van der Waals surface area contributed by atoms with E-state index in [2.05, 4.69) is 5.32 Å². The summed E-state index contributed by atoms with van der Waals surface area (Å²) >= 11 is 0. The van der Waals surface area contributed by atoms with Crippen LogP contribution in [-0.4, -0.2) is 24.4 Å². The van der Waals surface area contributed by atoms with Crippen molar-refractivity contribution in [1.29, 1.82) is 0 Å². The fraction of sp³-hybridized carbons (Fsp3) is 0.227. The number of allylic oxidation sites excluding steroid dienone is 1. The van der Waals surface area contributed by atoms with Gasteiger partial charge in [-0.25, -0.2) is 9.18 Å². The molecule has 1 saturated heterocycles. The highest BCUT2D eigenvalue weighted by Gasteiger charge is 2.44. The molecule has 6 nitrogen and oxygen atoms in total. The summed E-state index contributed by atoms with van der Waals surface area (Å²) < 4.78 is 18.3. The van der Waals surface area contributed by atoms with E-state index in [1.54, 1.807) is 44.2 Å². The highest BCUT2D eigenvalue weighted by atomic mass is 19.1. The van der Waals surface area contributed by atoms with Crippen LogP contribution in [0.2, 0.25) is 0 Å². The topological polar surface area (TPSA) is 75.7 Å². The van der Waals surface area contributed by atoms with E-state index in [-0.39, 0.29) is 24.5 Å². The van der Waals surface area contributed by atoms with Crippen molar-refractivity contribution in [1.82, 2.24) is 0 Å². The van der Waals surface area contributed by atoms with Gasteiger partial charge in [0.15, 0.2) is 0 Å². The molecule has 0 unspecified atom stereocenters. The second-order valence-electron chi connectivity index (χ2n) is 6.55. The van der Waals surface area contributed by atoms with Gasteiger partial charge < -0.3 is 10.1 Å². The Morgan fingerprint density at radius 3 is 2.41 bits per heavy atom. The molecule has 150 valence electrons. The molecule has 7 heteroatoms. The monoisotopic (exact) mass is 396 g/mol. The lowest BCUT2D eigenvalue weighted by atomic mass is 9.95. The SMILES string of the molecule is CCOC(=O)/C(=C(/C)Nc1ccc(F)cc1)[C@H]1CC(=O)N(c2ccccc2)C1=O. The lowest BCUT2D eigenvalue weighted by Gasteiger charge is -2.18. The van der Waals surface area contributed by atoms with Crippen molar-refractivity contribution >= 4 is 29.2 Å². The molecule has 0 aliphatic carbocycles. The average molecular weight is 396 g/mol. The molecule has 0 spiro atoms. The zero-order chi connectivity index (χ0) is 21.0. The Labute approximate surface area is 168 Å². The molecule has 1 N–H and O–H groups in total. The second-order valence-corrected chi connectivity index (χ2v) is 6.55. The first-order chi connectivity index (χ1) is 13.9. The molecule has 29 heavy (non-hydrogen) atoms. The number of carbonyl (C=O) groups is 3. The molecule has 0 aromatic heterocycles. The van der Waals surface area contributed by atoms with Gasteiger partial charge in [0.05, 0.1) is 23.8 Å². The summed E-state index contributed by atoms with van der Waals surface area (Å²) in [6.45, 7) is 3.41. The Bertz CT molecular complexity index is 955. The van der Waals surface area contributed by atoms with E-state index in [0.717, 1.165) is 4.90 Å². The molecule has 1 aliphatic rings. The van der Waals surface area contributed by atoms with Crippen molar-refractivity contribution in [3.05, 3.63) is 71.7 Å². The number of carbonyl (C=O) groups excluding carboxylic acids is 3. The smallest absolute Gasteiger partial charge is 0.336 e. The number of imide groups is 1. The van der Waals surface area contributed by atoms with Crippen molar-refractivity contribution in [3.63, 3.8) is 0 Å². The van der Waals surface area contributed by atoms with Crippen LogP contribution in [0.15, 0.2) is 65.9 Å². The highest BCUT2D eigenvalue weighted by Crippen LogP contribution is 2.33. The number of halogens is 1. The maximum absolute atomic E-state index is 13.2. The number of esters is 1. The number of nitrogens with one attached hydrogen (secondary N) is 1. The van der Waals surface area contributed by atoms with Gasteiger partial charge in [0, 0.05) is 17.8 Å². The second kappa shape index (κ2) is 8.68. The first-order valence-electron chi connectivity index (χ1n) is 9.24. The number of amides is 2. The normalized spacial score (nSPS) is 17.2. The molecule has 1 atom stereocenters. The summed E-state index contributed by atoms with van der Waals surface area (Å²) in [5.74, 6) is -2.89. The summed E-state index contributed by atoms with van der Waals surface area (Å²) in [6.07, 6.45) is -0.135. The fourth-order valence-electron chi connectivity index (χ4n) is 3.29. The number of hydrogen-bond donors (Lipinski definition) is 1. The summed E-state index contributed by atoms with van der Waals surface area (Å²) in [4.78, 5) is 39.4. The minimum atomic E-state index is -0.963. The van der Waals surface area contributed by atoms with Gasteiger partial charge in [-0.05, 0) is 50.2 Å². The quantitative estimate of drug-likeness (QED) is 0.458. The van der Waals surface area contributed by atoms with Crippen LogP contribution in [0.1, 0.15) is 20.3 Å². The van der Waals surface area contributed by atoms with E-state index in [4.69, 9.17) is 4.74 Å². The third kappa shape index (κ3) is 4.34. The number of hydrogen-bond acceptors (Lipinski definition) is 5. The lowest BCUT2D eigenvalue weighted by molar-refractivity contribution is -0.140. The zero-order valence-electron chi connectivity index (χ0n) is 16.1. The van der Waals surface area contributed by atoms with Gasteiger partial charge in [-0.1, -0.05) is 18.2 Å². The molecule has 2 amide bonds. The van der Waals surface area contributed by atoms with E-state index in [9.17, 15) is 18.8 Å². The molecule has 1 aliphatic heterocycles. The van der Waals surface area contributed by atoms with Gasteiger partial charge in [-0.15, -0.1) is 0 Å². The summed E-state index contributed by atoms with van der Waals surface area (Å²) in [7, 11) is 0. The van der Waals surface area contributed by atoms with E-state index >= 15 is 0 Å². The Hall–Kier alpha value is -3.48. The van der Waals surface area contributed by atoms with Crippen LogP contribution in [0.25, 0.3) is 0 Å². The average Bonchev–Trinajstić information content (AvgIpc) is 2.98. The van der Waals surface area contributed by atoms with Crippen molar-refractivity contribution in [2.75, 3.05) is 16.8 Å². The van der Waals surface area contributed by atoms with Crippen LogP contribution in [0.3, 0.4) is 0 Å². The predicted octanol–water partition coefficient (Wildman–Crippen LogP) is 3.65. The molecule has 0 radical (unpaired) electrons. The molecule has 2 aromatic carbocycles. The first-order valence-corrected chi connectivity index (χ1v) is 9.24. The van der Waals surface area contributed by atoms with E-state index < -0.39 is 23.6 Å². The van der Waals surface area contributed by atoms with E-state index in [1.165, 1.54) is 24.3 Å². The van der Waals surface area contributed by atoms with Crippen molar-refractivity contribution in [2.45, 2.75) is 20.3 Å². The number of anilines is 2. The Morgan fingerprint density at radius 1 is 1.14 bits per heavy atom. The minimum Gasteiger partial charge on any atom is -0.463 e. The largest absolute Gasteiger partial charge is 0.463 e. The van der Waals surface area contributed by atoms with Gasteiger partial charge >= 0.3 is 5.97 Å². The third-order valence-electron chi connectivity index (χ3n) is 4.58. The number of para-hydroxylation sites is 1. The van der Waals surface area contributed by atoms with Crippen molar-refractivity contribution in [3.8, 4) is 0 Å². The van der Waals surface area contributed by atoms with Crippen molar-refractivity contribution in [2.24, 2.45) is 5.92 Å². The molecule has 3 rings (SSSR count). The summed E-state index contributed by atoms with van der Waals surface area (Å²) in [5.41, 5.74) is 1.46. The number of benzene rings is 2. The molecule has 2 aromatic rings. The fourth-order valence-corrected chi connectivity index (χ4v) is 3.29. The first kappa shape index (κ1) is 20.3. The third-order valence-corrected chi connectivity index (χ3v) is 4.58. The Balaban J connectivity index is 1.96. The van der Waals surface area contributed by atoms with Crippen LogP contribution in [0, 0.1) is 11.7 Å². The van der Waals surface area contributed by atoms with E-state index in [0.29, 0.717) is 17.1 Å². The molecular weight excluding hydrogens is 375 g/mol. The molecule has 0 saturated carbocycles. The molecule has 1 heterocycles. The van der Waals surface area contributed by atoms with Gasteiger partial charge in [0.2, 0.25) is 11.8 Å². The molecular formula is C22H21FN2O4. The van der Waals surface area contributed by atoms with Crippen LogP contribution in [0.5, 0.6) is 0 Å². The zero-order valence-corrected chi connectivity index (χ0v) is 16.1. The molecule has 1 fully saturated rings. The predicted molar refractivity (Wildman–Crippen MR) is 106 cm³/mol. The maximum Gasteiger partial charge on any atom is 0.336 e. The lowest BCUT2D eigenvalue weighted by Crippen LogP contribution is -2.32. The van der Waals surface area contributed by atoms with Crippen LogP contribution in [0.4, 0.5) is 15.8 Å². The maximum atomic E-state index is 13.2. The van der Waals surface area contributed by atoms with Gasteiger partial charge in [-0.3, -0.25) is 14.5 Å². The van der Waals surface area contributed by atoms with Crippen LogP contribution < -0.4 is 10.2 Å². The van der Waals surface area contributed by atoms with Crippen LogP contribution in [-0.2, 0) is 19.1 Å². The summed E-state index contributed by atoms with van der Waals surface area (Å²) in [6, 6.07) is 14.2. The minimum absolute atomic E-state index is 0.0907. The number of nitrogens with zero attached hydrogens (tertiary/aromatic N) is 1. The molecule has 0 bridgehead atoms. The van der Waals surface area contributed by atoms with Gasteiger partial charge in [0.1, 0.15) is 5.82 Å². The Morgan fingerprint density at radius 2 is 1.79 bits per heavy atom. The standard InChI is InChI=1S/C22H21FN2O4/c1-3-29-22(28)20(14(2)24-16-11-9-15(23)10-12-16)18-13-19(26)25(21(18)27)17-7-5-4-6-8-17/h4-12,18,24H,3,13H2,1-2H3/b20-14-/t18-/m1/s1. The number of ether oxygens (including phenoxy) is 1. The van der Waals surface area contributed by atoms with Gasteiger partial charge in [-0.2, -0.15) is 0 Å². The van der Waals surface area contributed by atoms with E-state index in [1.807, 2.05) is 0 Å². The Kier molecular flexibility index (Phi) is 6.07. The highest BCUT2D eigenvalue weighted by molar-refractivity contribution is 6.23. The van der Waals surface area contributed by atoms with Crippen molar-refractivity contribution < 1.29 is 23.5 Å². The van der Waals surface area contributed by atoms with Gasteiger partial charge in [0.25, 0.3) is 0 Å².